The monoisotopic (exact) mass is 326 g/mol. The van der Waals surface area contributed by atoms with Gasteiger partial charge in [-0.15, -0.1) is 0 Å². The first-order valence-corrected chi connectivity index (χ1v) is 7.95. The van der Waals surface area contributed by atoms with Gasteiger partial charge < -0.3 is 10.3 Å². The molecule has 0 atom stereocenters. The van der Waals surface area contributed by atoms with E-state index in [0.717, 1.165) is 22.2 Å². The van der Waals surface area contributed by atoms with Crippen molar-refractivity contribution in [2.75, 3.05) is 5.32 Å². The van der Waals surface area contributed by atoms with Crippen molar-refractivity contribution in [3.63, 3.8) is 0 Å². The Morgan fingerprint density at radius 2 is 1.78 bits per heavy atom. The quantitative estimate of drug-likeness (QED) is 0.731. The van der Waals surface area contributed by atoms with Crippen LogP contribution in [0.5, 0.6) is 0 Å². The Morgan fingerprint density at radius 1 is 1.00 bits per heavy atom. The molecule has 1 heterocycles. The van der Waals surface area contributed by atoms with E-state index in [1.165, 1.54) is 11.1 Å². The van der Waals surface area contributed by atoms with Crippen LogP contribution in [0, 0.1) is 20.8 Å². The van der Waals surface area contributed by atoms with Crippen molar-refractivity contribution in [1.29, 1.82) is 0 Å². The van der Waals surface area contributed by atoms with E-state index in [1.54, 1.807) is 6.07 Å². The van der Waals surface area contributed by atoms with Gasteiger partial charge in [0.2, 0.25) is 0 Å². The topological polar surface area (TPSA) is 44.9 Å². The van der Waals surface area contributed by atoms with E-state index in [0.29, 0.717) is 17.1 Å². The van der Waals surface area contributed by atoms with Crippen LogP contribution in [0.25, 0.3) is 10.9 Å². The van der Waals surface area contributed by atoms with Crippen molar-refractivity contribution in [1.82, 2.24) is 4.98 Å². The Balaban J connectivity index is 1.90. The number of fused-ring (bicyclic) bond motifs is 1. The van der Waals surface area contributed by atoms with E-state index in [9.17, 15) is 4.79 Å². The number of aromatic nitrogens is 1. The largest absolute Gasteiger partial charge is 0.381 e. The number of halogens is 1. The lowest BCUT2D eigenvalue weighted by Gasteiger charge is -2.10. The molecule has 0 amide bonds. The second-order valence-corrected chi connectivity index (χ2v) is 6.37. The van der Waals surface area contributed by atoms with Gasteiger partial charge in [-0.05, 0) is 73.2 Å². The van der Waals surface area contributed by atoms with E-state index in [2.05, 4.69) is 36.3 Å². The minimum Gasteiger partial charge on any atom is -0.381 e. The minimum atomic E-state index is -0.0891. The summed E-state index contributed by atoms with van der Waals surface area (Å²) in [6.45, 7) is 6.60. The molecular weight excluding hydrogens is 308 g/mol. The number of anilines is 1. The molecule has 2 aromatic carbocycles. The number of rotatable bonds is 3. The first kappa shape index (κ1) is 15.6. The van der Waals surface area contributed by atoms with E-state index in [1.807, 2.05) is 25.1 Å². The molecule has 1 aromatic heterocycles. The molecule has 118 valence electrons. The number of H-pyrrole nitrogens is 1. The third-order valence-electron chi connectivity index (χ3n) is 4.19. The lowest BCUT2D eigenvalue weighted by molar-refractivity contribution is 1.09. The van der Waals surface area contributed by atoms with Crippen LogP contribution >= 0.6 is 11.6 Å². The van der Waals surface area contributed by atoms with Crippen LogP contribution in [0.15, 0.2) is 41.2 Å². The Bertz CT molecular complexity index is 944. The molecule has 4 heteroatoms. The molecule has 3 aromatic rings. The van der Waals surface area contributed by atoms with E-state index in [-0.39, 0.29) is 5.56 Å². The van der Waals surface area contributed by atoms with Crippen molar-refractivity contribution in [3.05, 3.63) is 74.0 Å². The van der Waals surface area contributed by atoms with Gasteiger partial charge in [-0.25, -0.2) is 0 Å². The molecule has 0 bridgehead atoms. The number of aryl methyl sites for hydroxylation is 3. The van der Waals surface area contributed by atoms with Crippen molar-refractivity contribution < 1.29 is 0 Å². The van der Waals surface area contributed by atoms with Gasteiger partial charge in [0.05, 0.1) is 0 Å². The second kappa shape index (κ2) is 6.09. The molecule has 0 radical (unpaired) electrons. The van der Waals surface area contributed by atoms with Gasteiger partial charge in [-0.3, -0.25) is 4.79 Å². The molecule has 0 aliphatic carbocycles. The zero-order valence-electron chi connectivity index (χ0n) is 13.5. The third-order valence-corrected chi connectivity index (χ3v) is 4.60. The summed E-state index contributed by atoms with van der Waals surface area (Å²) in [6, 6.07) is 11.9. The van der Waals surface area contributed by atoms with Crippen molar-refractivity contribution >= 4 is 28.2 Å². The SMILES string of the molecule is Cc1ccc(NCc2cc3cc(C)c(Cl)cc3[nH]c2=O)cc1C. The predicted molar refractivity (Wildman–Crippen MR) is 97.6 cm³/mol. The van der Waals surface area contributed by atoms with Gasteiger partial charge in [-0.1, -0.05) is 17.7 Å². The van der Waals surface area contributed by atoms with E-state index < -0.39 is 0 Å². The number of benzene rings is 2. The fourth-order valence-electron chi connectivity index (χ4n) is 2.57. The summed E-state index contributed by atoms with van der Waals surface area (Å²) >= 11 is 6.11. The highest BCUT2D eigenvalue weighted by molar-refractivity contribution is 6.32. The van der Waals surface area contributed by atoms with Gasteiger partial charge in [0.25, 0.3) is 5.56 Å². The molecule has 0 aliphatic rings. The Hall–Kier alpha value is -2.26. The summed E-state index contributed by atoms with van der Waals surface area (Å²) in [4.78, 5) is 15.1. The van der Waals surface area contributed by atoms with Crippen LogP contribution in [0.4, 0.5) is 5.69 Å². The molecule has 2 N–H and O–H groups in total. The Morgan fingerprint density at radius 3 is 2.52 bits per heavy atom. The van der Waals surface area contributed by atoms with E-state index >= 15 is 0 Å². The summed E-state index contributed by atoms with van der Waals surface area (Å²) < 4.78 is 0. The zero-order chi connectivity index (χ0) is 16.6. The summed E-state index contributed by atoms with van der Waals surface area (Å²) in [6.07, 6.45) is 0. The molecule has 0 aliphatic heterocycles. The Kier molecular flexibility index (Phi) is 4.14. The molecule has 0 saturated carbocycles. The number of pyridine rings is 1. The molecule has 0 spiro atoms. The number of nitrogens with one attached hydrogen (secondary N) is 2. The molecule has 0 fully saturated rings. The average Bonchev–Trinajstić information content (AvgIpc) is 2.50. The first-order chi connectivity index (χ1) is 10.9. The summed E-state index contributed by atoms with van der Waals surface area (Å²) in [5.41, 5.74) is 5.88. The molecule has 3 rings (SSSR count). The smallest absolute Gasteiger partial charge is 0.253 e. The predicted octanol–water partition coefficient (Wildman–Crippen LogP) is 4.72. The van der Waals surface area contributed by atoms with Crippen molar-refractivity contribution in [2.24, 2.45) is 0 Å². The summed E-state index contributed by atoms with van der Waals surface area (Å²) in [7, 11) is 0. The average molecular weight is 327 g/mol. The standard InChI is InChI=1S/C19H19ClN2O/c1-11-4-5-16(7-12(11)2)21-10-15-8-14-6-13(3)17(20)9-18(14)22-19(15)23/h4-9,21H,10H2,1-3H3,(H,22,23). The van der Waals surface area contributed by atoms with Crippen molar-refractivity contribution in [2.45, 2.75) is 27.3 Å². The third kappa shape index (κ3) is 3.25. The van der Waals surface area contributed by atoms with Gasteiger partial charge >= 0.3 is 0 Å². The summed E-state index contributed by atoms with van der Waals surface area (Å²) in [5, 5.41) is 4.96. The van der Waals surface area contributed by atoms with Gasteiger partial charge in [0.15, 0.2) is 0 Å². The van der Waals surface area contributed by atoms with Crippen LogP contribution in [0.2, 0.25) is 5.02 Å². The highest BCUT2D eigenvalue weighted by atomic mass is 35.5. The highest BCUT2D eigenvalue weighted by Gasteiger charge is 2.06. The van der Waals surface area contributed by atoms with Gasteiger partial charge in [0, 0.05) is 28.3 Å². The number of hydrogen-bond donors (Lipinski definition) is 2. The minimum absolute atomic E-state index is 0.0891. The van der Waals surface area contributed by atoms with Crippen LogP contribution in [0.1, 0.15) is 22.3 Å². The maximum absolute atomic E-state index is 12.2. The first-order valence-electron chi connectivity index (χ1n) is 7.57. The van der Waals surface area contributed by atoms with Gasteiger partial charge in [-0.2, -0.15) is 0 Å². The molecular formula is C19H19ClN2O. The molecule has 0 unspecified atom stereocenters. The molecule has 3 nitrogen and oxygen atoms in total. The van der Waals surface area contributed by atoms with Crippen molar-refractivity contribution in [3.8, 4) is 0 Å². The Labute approximate surface area is 140 Å². The zero-order valence-corrected chi connectivity index (χ0v) is 14.2. The lowest BCUT2D eigenvalue weighted by atomic mass is 10.1. The second-order valence-electron chi connectivity index (χ2n) is 5.96. The normalized spacial score (nSPS) is 11.0. The van der Waals surface area contributed by atoms with Crippen LogP contribution in [-0.4, -0.2) is 4.98 Å². The van der Waals surface area contributed by atoms with Crippen LogP contribution in [-0.2, 0) is 6.54 Å². The van der Waals surface area contributed by atoms with E-state index in [4.69, 9.17) is 11.6 Å². The molecule has 23 heavy (non-hydrogen) atoms. The van der Waals surface area contributed by atoms with Crippen LogP contribution < -0.4 is 10.9 Å². The fourth-order valence-corrected chi connectivity index (χ4v) is 2.73. The fraction of sp³-hybridized carbons (Fsp3) is 0.211. The van der Waals surface area contributed by atoms with Gasteiger partial charge in [0.1, 0.15) is 0 Å². The molecule has 0 saturated heterocycles. The lowest BCUT2D eigenvalue weighted by Crippen LogP contribution is -2.15. The highest BCUT2D eigenvalue weighted by Crippen LogP contribution is 2.22. The summed E-state index contributed by atoms with van der Waals surface area (Å²) in [5.74, 6) is 0. The maximum Gasteiger partial charge on any atom is 0.253 e. The maximum atomic E-state index is 12.2. The number of aromatic amines is 1. The van der Waals surface area contributed by atoms with Crippen LogP contribution in [0.3, 0.4) is 0 Å². The number of hydrogen-bond acceptors (Lipinski definition) is 2.